The van der Waals surface area contributed by atoms with Crippen molar-refractivity contribution in [1.82, 2.24) is 9.38 Å². The Hall–Kier alpha value is -3.30. The van der Waals surface area contributed by atoms with E-state index in [2.05, 4.69) is 0 Å². The van der Waals surface area contributed by atoms with Gasteiger partial charge in [0.05, 0.1) is 38.3 Å². The Morgan fingerprint density at radius 2 is 1.88 bits per heavy atom. The molecule has 0 aliphatic heterocycles. The third-order valence-corrected chi connectivity index (χ3v) is 6.31. The van der Waals surface area contributed by atoms with Crippen molar-refractivity contribution in [1.29, 1.82) is 0 Å². The average molecular weight is 465 g/mol. The van der Waals surface area contributed by atoms with E-state index in [9.17, 15) is 20.1 Å². The predicted octanol–water partition coefficient (Wildman–Crippen LogP) is 3.75. The van der Waals surface area contributed by atoms with Crippen LogP contribution in [-0.2, 0) is 19.8 Å². The van der Waals surface area contributed by atoms with Gasteiger partial charge < -0.3 is 20.1 Å². The quantitative estimate of drug-likeness (QED) is 0.271. The fraction of sp³-hybridized carbons (Fsp3) is 0.200. The van der Waals surface area contributed by atoms with Crippen LogP contribution in [-0.4, -0.2) is 37.6 Å². The number of methoxy groups -OCH3 is 1. The number of ketones is 1. The van der Waals surface area contributed by atoms with Gasteiger partial charge in [0.2, 0.25) is 0 Å². The molecule has 4 rings (SSSR count). The molecule has 0 atom stereocenters. The molecule has 0 radical (unpaired) electrons. The molecule has 0 aliphatic carbocycles. The molecule has 0 amide bonds. The number of allylic oxidation sites excluding steroid dienone is 1. The Balaban J connectivity index is 1.75. The number of aliphatic hydroxyl groups excluding tert-OH is 3. The molecule has 0 saturated carbocycles. The summed E-state index contributed by atoms with van der Waals surface area (Å²) in [5.41, 5.74) is 4.44. The average Bonchev–Trinajstić information content (AvgIpc) is 3.37. The second kappa shape index (κ2) is 9.68. The number of aromatic nitrogens is 2. The maximum atomic E-state index is 13.0. The number of hydrogen-bond donors (Lipinski definition) is 3. The summed E-state index contributed by atoms with van der Waals surface area (Å²) in [7, 11) is 1.45. The molecule has 8 heteroatoms. The maximum absolute atomic E-state index is 13.0. The van der Waals surface area contributed by atoms with Gasteiger partial charge in [-0.05, 0) is 42.3 Å². The van der Waals surface area contributed by atoms with Crippen molar-refractivity contribution in [2.45, 2.75) is 26.7 Å². The zero-order chi connectivity index (χ0) is 23.5. The number of rotatable bonds is 8. The highest BCUT2D eigenvalue weighted by Crippen LogP contribution is 2.30. The normalized spacial score (nSPS) is 11.5. The molecule has 0 unspecified atom stereocenters. The van der Waals surface area contributed by atoms with Crippen molar-refractivity contribution in [2.75, 3.05) is 7.11 Å². The Morgan fingerprint density at radius 1 is 1.12 bits per heavy atom. The van der Waals surface area contributed by atoms with Crippen molar-refractivity contribution in [3.63, 3.8) is 0 Å². The fourth-order valence-corrected chi connectivity index (χ4v) is 4.54. The van der Waals surface area contributed by atoms with Gasteiger partial charge in [-0.3, -0.25) is 9.20 Å². The van der Waals surface area contributed by atoms with Crippen molar-refractivity contribution < 1.29 is 24.9 Å². The van der Waals surface area contributed by atoms with E-state index in [1.54, 1.807) is 29.5 Å². The lowest BCUT2D eigenvalue weighted by molar-refractivity contribution is 0.104. The van der Waals surface area contributed by atoms with Gasteiger partial charge in [-0.25, -0.2) is 4.98 Å². The van der Waals surface area contributed by atoms with Crippen LogP contribution in [0.3, 0.4) is 0 Å². The highest BCUT2D eigenvalue weighted by molar-refractivity contribution is 7.17. The number of fused-ring (bicyclic) bond motifs is 1. The second-order valence-electron chi connectivity index (χ2n) is 7.53. The van der Waals surface area contributed by atoms with Crippen LogP contribution in [0.5, 0.6) is 5.75 Å². The van der Waals surface area contributed by atoms with Crippen LogP contribution in [0, 0.1) is 6.92 Å². The van der Waals surface area contributed by atoms with Gasteiger partial charge in [-0.1, -0.05) is 24.3 Å². The largest absolute Gasteiger partial charge is 0.496 e. The first-order chi connectivity index (χ1) is 16.0. The molecule has 170 valence electrons. The van der Waals surface area contributed by atoms with Gasteiger partial charge in [-0.15, -0.1) is 11.3 Å². The minimum atomic E-state index is -0.317. The van der Waals surface area contributed by atoms with Gasteiger partial charge in [0.1, 0.15) is 5.75 Å². The summed E-state index contributed by atoms with van der Waals surface area (Å²) < 4.78 is 7.25. The van der Waals surface area contributed by atoms with Crippen molar-refractivity contribution in [3.8, 4) is 17.0 Å². The van der Waals surface area contributed by atoms with E-state index in [1.165, 1.54) is 13.2 Å². The third kappa shape index (κ3) is 4.46. The van der Waals surface area contributed by atoms with E-state index >= 15 is 0 Å². The van der Waals surface area contributed by atoms with E-state index in [-0.39, 0.29) is 25.6 Å². The molecule has 2 aromatic carbocycles. The summed E-state index contributed by atoms with van der Waals surface area (Å²) in [6, 6.07) is 10.6. The molecule has 2 aromatic heterocycles. The van der Waals surface area contributed by atoms with Gasteiger partial charge in [-0.2, -0.15) is 0 Å². The topological polar surface area (TPSA) is 104 Å². The van der Waals surface area contributed by atoms with E-state index < -0.39 is 0 Å². The van der Waals surface area contributed by atoms with Crippen LogP contribution < -0.4 is 4.74 Å². The molecule has 0 bridgehead atoms. The zero-order valence-corrected chi connectivity index (χ0v) is 19.1. The smallest absolute Gasteiger partial charge is 0.194 e. The highest BCUT2D eigenvalue weighted by atomic mass is 32.1. The first kappa shape index (κ1) is 22.9. The van der Waals surface area contributed by atoms with E-state index in [0.717, 1.165) is 32.4 Å². The van der Waals surface area contributed by atoms with E-state index in [4.69, 9.17) is 9.72 Å². The van der Waals surface area contributed by atoms with Gasteiger partial charge in [0.15, 0.2) is 10.7 Å². The number of imidazole rings is 1. The van der Waals surface area contributed by atoms with Gasteiger partial charge in [0.25, 0.3) is 0 Å². The molecule has 7 nitrogen and oxygen atoms in total. The number of ether oxygens (including phenoxy) is 1. The lowest BCUT2D eigenvalue weighted by Crippen LogP contribution is -2.04. The molecule has 4 aromatic rings. The number of carbonyl (C=O) groups excluding carboxylic acids is 1. The molecule has 33 heavy (non-hydrogen) atoms. The Kier molecular flexibility index (Phi) is 6.71. The Bertz CT molecular complexity index is 1310. The lowest BCUT2D eigenvalue weighted by atomic mass is 10.0. The minimum Gasteiger partial charge on any atom is -0.496 e. The van der Waals surface area contributed by atoms with E-state index in [1.807, 2.05) is 41.8 Å². The number of carbonyl (C=O) groups is 1. The monoisotopic (exact) mass is 464 g/mol. The molecule has 0 fully saturated rings. The molecule has 0 spiro atoms. The SMILES string of the molecule is COc1cc(C(=O)/C=C/c2c(-c3ccc(CO)cc3)nc3sc(C)cn23)cc(CO)c1CO. The molecule has 0 aliphatic rings. The summed E-state index contributed by atoms with van der Waals surface area (Å²) >= 11 is 1.56. The zero-order valence-electron chi connectivity index (χ0n) is 18.3. The Morgan fingerprint density at radius 3 is 2.52 bits per heavy atom. The molecular formula is C25H24N2O5S. The minimum absolute atomic E-state index is 0.0343. The van der Waals surface area contributed by atoms with Gasteiger partial charge in [0, 0.05) is 27.8 Å². The van der Waals surface area contributed by atoms with E-state index in [0.29, 0.717) is 22.4 Å². The number of nitrogens with zero attached hydrogens (tertiary/aromatic N) is 2. The second-order valence-corrected chi connectivity index (χ2v) is 8.74. The summed E-state index contributed by atoms with van der Waals surface area (Å²) in [6.07, 6.45) is 5.18. The summed E-state index contributed by atoms with van der Waals surface area (Å²) in [4.78, 5) is 19.7. The molecular weight excluding hydrogens is 440 g/mol. The third-order valence-electron chi connectivity index (χ3n) is 5.42. The number of aryl methyl sites for hydroxylation is 1. The van der Waals surface area contributed by atoms with Crippen molar-refractivity contribution in [3.05, 3.63) is 81.5 Å². The maximum Gasteiger partial charge on any atom is 0.194 e. The lowest BCUT2D eigenvalue weighted by Gasteiger charge is -2.12. The number of thiazole rings is 1. The molecule has 2 heterocycles. The van der Waals surface area contributed by atoms with Crippen molar-refractivity contribution >= 4 is 28.2 Å². The molecule has 0 saturated heterocycles. The summed E-state index contributed by atoms with van der Waals surface area (Å²) in [6.45, 7) is 1.35. The number of aliphatic hydroxyl groups is 3. The van der Waals surface area contributed by atoms with Crippen LogP contribution >= 0.6 is 11.3 Å². The van der Waals surface area contributed by atoms with Crippen LogP contribution in [0.1, 0.15) is 37.6 Å². The number of benzene rings is 2. The first-order valence-electron chi connectivity index (χ1n) is 10.3. The number of hydrogen-bond acceptors (Lipinski definition) is 7. The van der Waals surface area contributed by atoms with Gasteiger partial charge >= 0.3 is 0 Å². The summed E-state index contributed by atoms with van der Waals surface area (Å²) in [5, 5.41) is 28.6. The van der Waals surface area contributed by atoms with Crippen LogP contribution in [0.15, 0.2) is 48.7 Å². The molecule has 3 N–H and O–H groups in total. The highest BCUT2D eigenvalue weighted by Gasteiger charge is 2.16. The van der Waals surface area contributed by atoms with Crippen LogP contribution in [0.2, 0.25) is 0 Å². The predicted molar refractivity (Wildman–Crippen MR) is 127 cm³/mol. The Labute approximate surface area is 194 Å². The standard InChI is InChI=1S/C25H24N2O5S/c1-15-11-27-21(24(26-25(27)33-15)17-5-3-16(12-28)4-6-17)7-8-22(31)18-9-19(13-29)20(14-30)23(10-18)32-2/h3-11,28-30H,12-14H2,1-2H3/b8-7+. The summed E-state index contributed by atoms with van der Waals surface area (Å²) in [5.74, 6) is 0.0848. The van der Waals surface area contributed by atoms with Crippen LogP contribution in [0.25, 0.3) is 22.3 Å². The van der Waals surface area contributed by atoms with Crippen LogP contribution in [0.4, 0.5) is 0 Å². The first-order valence-corrected chi connectivity index (χ1v) is 11.1. The fourth-order valence-electron chi connectivity index (χ4n) is 3.71. The van der Waals surface area contributed by atoms with Crippen molar-refractivity contribution in [2.24, 2.45) is 0 Å².